The minimum Gasteiger partial charge on any atom is -0.350 e. The van der Waals surface area contributed by atoms with E-state index in [-0.39, 0.29) is 5.54 Å². The van der Waals surface area contributed by atoms with Gasteiger partial charge in [-0.25, -0.2) is 4.98 Å². The van der Waals surface area contributed by atoms with Crippen LogP contribution in [0.4, 0.5) is 17.5 Å². The molecule has 0 fully saturated rings. The van der Waals surface area contributed by atoms with Crippen LogP contribution in [0.2, 0.25) is 5.02 Å². The molecule has 0 aliphatic rings. The summed E-state index contributed by atoms with van der Waals surface area (Å²) in [7, 11) is 0. The summed E-state index contributed by atoms with van der Waals surface area (Å²) in [5.41, 5.74) is 4.84. The van der Waals surface area contributed by atoms with E-state index in [0.29, 0.717) is 5.95 Å². The van der Waals surface area contributed by atoms with E-state index in [0.717, 1.165) is 38.9 Å². The Morgan fingerprint density at radius 1 is 0.926 bits per heavy atom. The van der Waals surface area contributed by atoms with E-state index in [1.807, 2.05) is 55.5 Å². The van der Waals surface area contributed by atoms with Crippen molar-refractivity contribution in [1.29, 1.82) is 0 Å². The van der Waals surface area contributed by atoms with Gasteiger partial charge in [-0.15, -0.1) is 0 Å². The highest BCUT2D eigenvalue weighted by Gasteiger charge is 2.15. The van der Waals surface area contributed by atoms with Gasteiger partial charge in [0.25, 0.3) is 0 Å². The normalized spacial score (nSPS) is 11.3. The number of hydrogen-bond acceptors (Lipinski definition) is 4. The van der Waals surface area contributed by atoms with Crippen LogP contribution in [-0.4, -0.2) is 15.5 Å². The lowest BCUT2D eigenvalue weighted by Crippen LogP contribution is -2.27. The summed E-state index contributed by atoms with van der Waals surface area (Å²) in [6, 6.07) is 16.0. The maximum absolute atomic E-state index is 6.31. The van der Waals surface area contributed by atoms with Gasteiger partial charge < -0.3 is 10.6 Å². The summed E-state index contributed by atoms with van der Waals surface area (Å²) in [5, 5.41) is 7.54. The highest BCUT2D eigenvalue weighted by atomic mass is 35.5. The van der Waals surface area contributed by atoms with Crippen molar-refractivity contribution >= 4 is 29.1 Å². The van der Waals surface area contributed by atoms with Gasteiger partial charge in [0.15, 0.2) is 0 Å². The number of aromatic nitrogens is 2. The predicted molar refractivity (Wildman–Crippen MR) is 115 cm³/mol. The third-order valence-electron chi connectivity index (χ3n) is 4.14. The third-order valence-corrected chi connectivity index (χ3v) is 4.55. The van der Waals surface area contributed by atoms with Crippen molar-refractivity contribution < 1.29 is 0 Å². The molecule has 27 heavy (non-hydrogen) atoms. The molecule has 0 amide bonds. The number of aryl methyl sites for hydroxylation is 1. The van der Waals surface area contributed by atoms with Crippen LogP contribution in [0.3, 0.4) is 0 Å². The zero-order valence-electron chi connectivity index (χ0n) is 16.4. The van der Waals surface area contributed by atoms with Crippen LogP contribution in [0.1, 0.15) is 31.9 Å². The molecule has 0 unspecified atom stereocenters. The summed E-state index contributed by atoms with van der Waals surface area (Å²) in [6.45, 7) is 10.3. The second-order valence-electron chi connectivity index (χ2n) is 7.69. The Kier molecular flexibility index (Phi) is 5.38. The molecule has 1 aromatic heterocycles. The lowest BCUT2D eigenvalue weighted by molar-refractivity contribution is 0.626. The highest BCUT2D eigenvalue weighted by Crippen LogP contribution is 2.31. The second-order valence-corrected chi connectivity index (χ2v) is 8.10. The Morgan fingerprint density at radius 2 is 1.63 bits per heavy atom. The average molecular weight is 381 g/mol. The molecule has 0 aliphatic heterocycles. The SMILES string of the molecule is Cc1ccc(Cl)c(C)c1Nc1cc(-c2ccccc2)nc(NC(C)(C)C)n1. The predicted octanol–water partition coefficient (Wildman–Crippen LogP) is 6.37. The maximum atomic E-state index is 6.31. The van der Waals surface area contributed by atoms with Gasteiger partial charge in [0.1, 0.15) is 5.82 Å². The smallest absolute Gasteiger partial charge is 0.225 e. The fourth-order valence-corrected chi connectivity index (χ4v) is 2.96. The molecule has 140 valence electrons. The fourth-order valence-electron chi connectivity index (χ4n) is 2.80. The first-order valence-corrected chi connectivity index (χ1v) is 9.36. The number of anilines is 3. The molecule has 0 saturated carbocycles. The van der Waals surface area contributed by atoms with Gasteiger partial charge in [-0.1, -0.05) is 48.0 Å². The summed E-state index contributed by atoms with van der Waals surface area (Å²) in [4.78, 5) is 9.38. The lowest BCUT2D eigenvalue weighted by atomic mass is 10.1. The molecule has 5 heteroatoms. The summed E-state index contributed by atoms with van der Waals surface area (Å²) in [5.74, 6) is 1.31. The van der Waals surface area contributed by atoms with Crippen LogP contribution in [0, 0.1) is 13.8 Å². The summed E-state index contributed by atoms with van der Waals surface area (Å²) in [6.07, 6.45) is 0. The number of benzene rings is 2. The second kappa shape index (κ2) is 7.57. The number of halogens is 1. The molecule has 2 N–H and O–H groups in total. The van der Waals surface area contributed by atoms with Gasteiger partial charge in [-0.2, -0.15) is 4.98 Å². The van der Waals surface area contributed by atoms with Gasteiger partial charge >= 0.3 is 0 Å². The van der Waals surface area contributed by atoms with Crippen molar-refractivity contribution in [1.82, 2.24) is 9.97 Å². The first-order valence-electron chi connectivity index (χ1n) is 8.98. The number of nitrogens with one attached hydrogen (secondary N) is 2. The molecule has 3 rings (SSSR count). The molecule has 0 atom stereocenters. The summed E-state index contributed by atoms with van der Waals surface area (Å²) < 4.78 is 0. The first kappa shape index (κ1) is 19.2. The van der Waals surface area contributed by atoms with Crippen LogP contribution in [0.15, 0.2) is 48.5 Å². The van der Waals surface area contributed by atoms with Crippen LogP contribution >= 0.6 is 11.6 Å². The van der Waals surface area contributed by atoms with Crippen LogP contribution in [-0.2, 0) is 0 Å². The Bertz CT molecular complexity index is 947. The van der Waals surface area contributed by atoms with Crippen LogP contribution < -0.4 is 10.6 Å². The molecule has 0 spiro atoms. The van der Waals surface area contributed by atoms with E-state index in [1.165, 1.54) is 0 Å². The molecular weight excluding hydrogens is 356 g/mol. The van der Waals surface area contributed by atoms with Crippen molar-refractivity contribution in [3.63, 3.8) is 0 Å². The van der Waals surface area contributed by atoms with Crippen molar-refractivity contribution in [2.24, 2.45) is 0 Å². The molecule has 0 aliphatic carbocycles. The Morgan fingerprint density at radius 3 is 2.30 bits per heavy atom. The third kappa shape index (κ3) is 4.77. The molecule has 0 saturated heterocycles. The fraction of sp³-hybridized carbons (Fsp3) is 0.273. The Labute approximate surface area is 166 Å². The molecule has 1 heterocycles. The molecule has 2 aromatic carbocycles. The van der Waals surface area contributed by atoms with E-state index in [2.05, 4.69) is 43.3 Å². The molecule has 0 radical (unpaired) electrons. The number of rotatable bonds is 4. The van der Waals surface area contributed by atoms with Gasteiger partial charge in [0.05, 0.1) is 5.69 Å². The first-order chi connectivity index (χ1) is 12.7. The summed E-state index contributed by atoms with van der Waals surface area (Å²) >= 11 is 6.31. The highest BCUT2D eigenvalue weighted by molar-refractivity contribution is 6.31. The average Bonchev–Trinajstić information content (AvgIpc) is 2.61. The van der Waals surface area contributed by atoms with Crippen LogP contribution in [0.25, 0.3) is 11.3 Å². The Balaban J connectivity index is 2.07. The molecule has 4 nitrogen and oxygen atoms in total. The maximum Gasteiger partial charge on any atom is 0.225 e. The van der Waals surface area contributed by atoms with Crippen molar-refractivity contribution in [3.05, 3.63) is 64.7 Å². The van der Waals surface area contributed by atoms with Gasteiger partial charge in [0.2, 0.25) is 5.95 Å². The van der Waals surface area contributed by atoms with E-state index in [9.17, 15) is 0 Å². The molecule has 3 aromatic rings. The molecular formula is C22H25ClN4. The Hall–Kier alpha value is -2.59. The standard InChI is InChI=1S/C22H25ClN4/c1-14-11-12-17(23)15(2)20(14)25-19-13-18(16-9-7-6-8-10-16)24-21(26-19)27-22(3,4)5/h6-13H,1-5H3,(H2,24,25,26,27). The van der Waals surface area contributed by atoms with Crippen molar-refractivity contribution in [2.45, 2.75) is 40.2 Å². The topological polar surface area (TPSA) is 49.8 Å². The number of nitrogens with zero attached hydrogens (tertiary/aromatic N) is 2. The van der Waals surface area contributed by atoms with E-state index in [4.69, 9.17) is 16.6 Å². The monoisotopic (exact) mass is 380 g/mol. The van der Waals surface area contributed by atoms with E-state index in [1.54, 1.807) is 0 Å². The minimum absolute atomic E-state index is 0.144. The van der Waals surface area contributed by atoms with Crippen molar-refractivity contribution in [3.8, 4) is 11.3 Å². The quantitative estimate of drug-likeness (QED) is 0.552. The zero-order valence-corrected chi connectivity index (χ0v) is 17.1. The molecule has 0 bridgehead atoms. The van der Waals surface area contributed by atoms with E-state index >= 15 is 0 Å². The lowest BCUT2D eigenvalue weighted by Gasteiger charge is -2.22. The van der Waals surface area contributed by atoms with E-state index < -0.39 is 0 Å². The largest absolute Gasteiger partial charge is 0.350 e. The van der Waals surface area contributed by atoms with Gasteiger partial charge in [0, 0.05) is 27.9 Å². The van der Waals surface area contributed by atoms with Gasteiger partial charge in [-0.3, -0.25) is 0 Å². The minimum atomic E-state index is -0.144. The zero-order chi connectivity index (χ0) is 19.6. The van der Waals surface area contributed by atoms with Crippen molar-refractivity contribution in [2.75, 3.05) is 10.6 Å². The number of hydrogen-bond donors (Lipinski definition) is 2. The van der Waals surface area contributed by atoms with Gasteiger partial charge in [-0.05, 0) is 51.8 Å². The van der Waals surface area contributed by atoms with Crippen LogP contribution in [0.5, 0.6) is 0 Å².